The minimum absolute atomic E-state index is 0.0221. The molecule has 0 aliphatic heterocycles. The van der Waals surface area contributed by atoms with Crippen LogP contribution in [0.1, 0.15) is 40.7 Å². The van der Waals surface area contributed by atoms with Crippen LogP contribution in [0.2, 0.25) is 0 Å². The van der Waals surface area contributed by atoms with E-state index in [9.17, 15) is 9.90 Å². The molecule has 166 valence electrons. The third kappa shape index (κ3) is 4.42. The lowest BCUT2D eigenvalue weighted by molar-refractivity contribution is -0.144. The summed E-state index contributed by atoms with van der Waals surface area (Å²) in [6, 6.07) is 11.2. The Hall–Kier alpha value is -3.43. The van der Waals surface area contributed by atoms with E-state index in [2.05, 4.69) is 20.4 Å². The summed E-state index contributed by atoms with van der Waals surface area (Å²) >= 11 is 0. The monoisotopic (exact) mass is 443 g/mol. The van der Waals surface area contributed by atoms with Gasteiger partial charge >= 0.3 is 0 Å². The summed E-state index contributed by atoms with van der Waals surface area (Å²) in [4.78, 5) is 21.7. The lowest BCUT2D eigenvalue weighted by Gasteiger charge is -2.37. The molecule has 3 aromatic heterocycles. The average Bonchev–Trinajstić information content (AvgIpc) is 3.38. The number of hydrogen-bond donors (Lipinski definition) is 2. The van der Waals surface area contributed by atoms with Crippen molar-refractivity contribution in [2.45, 2.75) is 37.4 Å². The van der Waals surface area contributed by atoms with Gasteiger partial charge in [-0.05, 0) is 43.5 Å². The van der Waals surface area contributed by atoms with Crippen molar-refractivity contribution in [1.82, 2.24) is 19.5 Å². The summed E-state index contributed by atoms with van der Waals surface area (Å²) in [6.07, 6.45) is 4.79. The fourth-order valence-corrected chi connectivity index (χ4v) is 3.97. The van der Waals surface area contributed by atoms with Gasteiger partial charge in [0.15, 0.2) is 15.7 Å². The van der Waals surface area contributed by atoms with Gasteiger partial charge in [0.1, 0.15) is 11.3 Å². The van der Waals surface area contributed by atoms with Crippen molar-refractivity contribution in [2.24, 2.45) is 0 Å². The standard InChI is InChI=1S/C22H23B2N5O4/c1-12-5-6-13(19-27-21(33-28-19)14-8-15(9-14)32-22(23,24)31)10-16(12)26-20(30)17-11-25-18-4-2-3-7-29(17)18/h2-7,10-11,14-15,31H,8-9,23-24H2,1H3,(H,26,30)/t14-,15+. The first-order valence-corrected chi connectivity index (χ1v) is 10.8. The van der Waals surface area contributed by atoms with Crippen LogP contribution in [0.4, 0.5) is 5.69 Å². The van der Waals surface area contributed by atoms with Gasteiger partial charge in [-0.2, -0.15) is 4.98 Å². The molecular formula is C22H23B2N5O4. The first kappa shape index (κ1) is 21.4. The number of pyridine rings is 1. The van der Waals surface area contributed by atoms with E-state index in [1.165, 1.54) is 0 Å². The molecule has 0 bridgehead atoms. The molecule has 2 N–H and O–H groups in total. The highest BCUT2D eigenvalue weighted by molar-refractivity contribution is 6.37. The quantitative estimate of drug-likeness (QED) is 0.339. The second kappa shape index (κ2) is 8.17. The Morgan fingerprint density at radius 3 is 2.91 bits per heavy atom. The predicted molar refractivity (Wildman–Crippen MR) is 127 cm³/mol. The van der Waals surface area contributed by atoms with Gasteiger partial charge < -0.3 is 19.7 Å². The number of imidazole rings is 1. The number of nitrogens with one attached hydrogen (secondary N) is 1. The molecule has 4 aromatic rings. The van der Waals surface area contributed by atoms with Crippen molar-refractivity contribution in [1.29, 1.82) is 0 Å². The molecule has 9 nitrogen and oxygen atoms in total. The van der Waals surface area contributed by atoms with Crippen molar-refractivity contribution in [2.75, 3.05) is 5.32 Å². The number of carbonyl (C=O) groups excluding carboxylic acids is 1. The van der Waals surface area contributed by atoms with Crippen molar-refractivity contribution in [3.8, 4) is 11.4 Å². The van der Waals surface area contributed by atoms with Crippen LogP contribution >= 0.6 is 0 Å². The lowest BCUT2D eigenvalue weighted by atomic mass is 9.75. The minimum Gasteiger partial charge on any atom is -0.382 e. The normalized spacial score (nSPS) is 18.2. The Morgan fingerprint density at radius 1 is 1.30 bits per heavy atom. The van der Waals surface area contributed by atoms with Crippen LogP contribution in [0.25, 0.3) is 17.0 Å². The Morgan fingerprint density at radius 2 is 2.12 bits per heavy atom. The van der Waals surface area contributed by atoms with E-state index < -0.39 is 5.59 Å². The molecular weight excluding hydrogens is 420 g/mol. The number of rotatable bonds is 6. The molecule has 1 amide bonds. The number of nitrogens with zero attached hydrogens (tertiary/aromatic N) is 4. The van der Waals surface area contributed by atoms with Gasteiger partial charge in [-0.1, -0.05) is 23.4 Å². The van der Waals surface area contributed by atoms with Crippen molar-refractivity contribution < 1.29 is 19.2 Å². The molecule has 1 aromatic carbocycles. The zero-order valence-corrected chi connectivity index (χ0v) is 18.6. The van der Waals surface area contributed by atoms with Crippen LogP contribution < -0.4 is 5.32 Å². The van der Waals surface area contributed by atoms with Crippen molar-refractivity contribution in [3.63, 3.8) is 0 Å². The molecule has 0 radical (unpaired) electrons. The third-order valence-electron chi connectivity index (χ3n) is 5.73. The molecule has 3 heterocycles. The number of benzene rings is 1. The third-order valence-corrected chi connectivity index (χ3v) is 5.73. The molecule has 11 heteroatoms. The highest BCUT2D eigenvalue weighted by Crippen LogP contribution is 2.39. The zero-order valence-electron chi connectivity index (χ0n) is 18.6. The fraction of sp³-hybridized carbons (Fsp3) is 0.273. The molecule has 0 unspecified atom stereocenters. The number of fused-ring (bicyclic) bond motifs is 1. The summed E-state index contributed by atoms with van der Waals surface area (Å²) in [5.41, 5.74) is 2.32. The second-order valence-corrected chi connectivity index (χ2v) is 8.87. The van der Waals surface area contributed by atoms with Gasteiger partial charge in [0.2, 0.25) is 11.7 Å². The average molecular weight is 443 g/mol. The SMILES string of the molecule is BC(B)(O)O[C@H]1C[C@@H](c2nc(-c3ccc(C)c(NC(=O)c4cnc5ccccn45)c3)no2)C1. The number of carbonyl (C=O) groups is 1. The van der Waals surface area contributed by atoms with Crippen LogP contribution in [0, 0.1) is 6.92 Å². The van der Waals surface area contributed by atoms with Gasteiger partial charge in [-0.3, -0.25) is 9.20 Å². The zero-order chi connectivity index (χ0) is 23.2. The van der Waals surface area contributed by atoms with Crippen LogP contribution in [0.3, 0.4) is 0 Å². The maximum absolute atomic E-state index is 12.9. The summed E-state index contributed by atoms with van der Waals surface area (Å²) in [5, 5.41) is 16.9. The van der Waals surface area contributed by atoms with Gasteiger partial charge in [0, 0.05) is 23.4 Å². The largest absolute Gasteiger partial charge is 0.382 e. The Balaban J connectivity index is 1.31. The molecule has 5 rings (SSSR count). The van der Waals surface area contributed by atoms with Crippen LogP contribution in [0.15, 0.2) is 53.3 Å². The van der Waals surface area contributed by atoms with Crippen molar-refractivity contribution >= 4 is 32.9 Å². The van der Waals surface area contributed by atoms with E-state index in [0.717, 1.165) is 24.0 Å². The molecule has 33 heavy (non-hydrogen) atoms. The summed E-state index contributed by atoms with van der Waals surface area (Å²) in [7, 11) is 3.24. The van der Waals surface area contributed by atoms with E-state index >= 15 is 0 Å². The number of amides is 1. The molecule has 1 fully saturated rings. The first-order chi connectivity index (χ1) is 15.8. The summed E-state index contributed by atoms with van der Waals surface area (Å²) < 4.78 is 12.8. The summed E-state index contributed by atoms with van der Waals surface area (Å²) in [6.45, 7) is 1.92. The van der Waals surface area contributed by atoms with E-state index in [1.807, 2.05) is 43.3 Å². The molecule has 0 saturated heterocycles. The fourth-order valence-electron chi connectivity index (χ4n) is 3.97. The van der Waals surface area contributed by atoms with Crippen LogP contribution in [-0.4, -0.2) is 57.9 Å². The first-order valence-electron chi connectivity index (χ1n) is 10.8. The number of aryl methyl sites for hydroxylation is 1. The molecule has 1 aliphatic rings. The highest BCUT2D eigenvalue weighted by atomic mass is 16.6. The lowest BCUT2D eigenvalue weighted by Crippen LogP contribution is -2.42. The Labute approximate surface area is 192 Å². The van der Waals surface area contributed by atoms with Crippen LogP contribution in [0.5, 0.6) is 0 Å². The maximum Gasteiger partial charge on any atom is 0.274 e. The molecule has 0 spiro atoms. The molecule has 1 saturated carbocycles. The number of aromatic nitrogens is 4. The smallest absolute Gasteiger partial charge is 0.274 e. The predicted octanol–water partition coefficient (Wildman–Crippen LogP) is 1.08. The Kier molecular flexibility index (Phi) is 5.30. The van der Waals surface area contributed by atoms with Crippen LogP contribution in [-0.2, 0) is 4.74 Å². The van der Waals surface area contributed by atoms with E-state index in [-0.39, 0.29) is 17.9 Å². The highest BCUT2D eigenvalue weighted by Gasteiger charge is 2.37. The van der Waals surface area contributed by atoms with Gasteiger partial charge in [-0.25, -0.2) is 4.98 Å². The Bertz CT molecular complexity index is 1320. The second-order valence-electron chi connectivity index (χ2n) is 8.87. The van der Waals surface area contributed by atoms with Crippen molar-refractivity contribution in [3.05, 3.63) is 65.9 Å². The van der Waals surface area contributed by atoms with Gasteiger partial charge in [0.05, 0.1) is 17.9 Å². The van der Waals surface area contributed by atoms with E-state index in [1.54, 1.807) is 32.5 Å². The number of hydrogen-bond acceptors (Lipinski definition) is 7. The number of aliphatic hydroxyl groups is 1. The number of anilines is 1. The van der Waals surface area contributed by atoms with Gasteiger partial charge in [0.25, 0.3) is 5.91 Å². The van der Waals surface area contributed by atoms with Gasteiger partial charge in [-0.15, -0.1) is 0 Å². The summed E-state index contributed by atoms with van der Waals surface area (Å²) in [5.74, 6) is 0.869. The van der Waals surface area contributed by atoms with E-state index in [4.69, 9.17) is 9.26 Å². The maximum atomic E-state index is 12.9. The topological polar surface area (TPSA) is 115 Å². The molecule has 0 atom stereocenters. The minimum atomic E-state index is -1.15. The number of ether oxygens (including phenoxy) is 1. The van der Waals surface area contributed by atoms with E-state index in [0.29, 0.717) is 28.7 Å². The molecule has 1 aliphatic carbocycles.